The largest absolute Gasteiger partial charge is 0.307 e. The van der Waals surface area contributed by atoms with Crippen LogP contribution in [0.1, 0.15) is 5.56 Å². The molecule has 8 heteroatoms. The average Bonchev–Trinajstić information content (AvgIpc) is 2.60. The molecule has 2 rings (SSSR count). The smallest absolute Gasteiger partial charge is 0.284 e. The summed E-state index contributed by atoms with van der Waals surface area (Å²) >= 11 is 9.09. The molecule has 0 atom stereocenters. The van der Waals surface area contributed by atoms with Gasteiger partial charge in [-0.25, -0.2) is 0 Å². The number of halogens is 1. The number of carbonyl (C=O) groups is 1. The number of hydrogen-bond donors (Lipinski definition) is 1. The topological polar surface area (TPSA) is 72.2 Å². The van der Waals surface area contributed by atoms with Crippen molar-refractivity contribution in [2.75, 3.05) is 0 Å². The summed E-state index contributed by atoms with van der Waals surface area (Å²) in [7, 11) is 0. The van der Waals surface area contributed by atoms with Gasteiger partial charge in [-0.1, -0.05) is 30.0 Å². The first-order valence-electron chi connectivity index (χ1n) is 4.66. The van der Waals surface area contributed by atoms with Crippen molar-refractivity contribution in [2.24, 2.45) is 0 Å². The molecule has 18 heavy (non-hydrogen) atoms. The second-order valence-corrected chi connectivity index (χ2v) is 5.89. The Hall–Kier alpha value is -1.25. The van der Waals surface area contributed by atoms with E-state index in [1.54, 1.807) is 18.2 Å². The molecule has 0 aliphatic carbocycles. The van der Waals surface area contributed by atoms with E-state index in [2.05, 4.69) is 21.2 Å². The molecule has 1 heterocycles. The van der Waals surface area contributed by atoms with Crippen molar-refractivity contribution in [3.63, 3.8) is 0 Å². The van der Waals surface area contributed by atoms with E-state index in [9.17, 15) is 14.9 Å². The number of rotatable bonds is 2. The molecule has 1 fully saturated rings. The monoisotopic (exact) mass is 344 g/mol. The average molecular weight is 345 g/mol. The summed E-state index contributed by atoms with van der Waals surface area (Å²) < 4.78 is 0.784. The van der Waals surface area contributed by atoms with Crippen LogP contribution in [0, 0.1) is 10.1 Å². The molecule has 0 saturated carbocycles. The number of nitro benzene ring substituents is 1. The van der Waals surface area contributed by atoms with Crippen LogP contribution in [0.2, 0.25) is 0 Å². The van der Waals surface area contributed by atoms with Crippen molar-refractivity contribution >= 4 is 61.9 Å². The van der Waals surface area contributed by atoms with Crippen LogP contribution < -0.4 is 5.32 Å². The van der Waals surface area contributed by atoms with Gasteiger partial charge in [0.05, 0.1) is 14.3 Å². The number of thiocarbonyl (C=S) groups is 1. The normalized spacial score (nSPS) is 17.1. The fourth-order valence-corrected chi connectivity index (χ4v) is 2.77. The number of nitrogens with one attached hydrogen (secondary N) is 1. The van der Waals surface area contributed by atoms with Crippen LogP contribution in [-0.2, 0) is 4.79 Å². The Labute approximate surface area is 120 Å². The van der Waals surface area contributed by atoms with Gasteiger partial charge in [0.1, 0.15) is 4.32 Å². The molecule has 0 radical (unpaired) electrons. The molecule has 92 valence electrons. The SMILES string of the molecule is O=C1NC(=S)S/C1=C/c1ccc(Br)c([N+](=O)[O-])c1. The standard InChI is InChI=1S/C10H5BrN2O3S2/c11-6-2-1-5(3-7(6)13(15)16)4-8-9(14)12-10(17)18-8/h1-4H,(H,12,14,17)/b8-4+. The molecule has 1 saturated heterocycles. The van der Waals surface area contributed by atoms with Crippen LogP contribution in [-0.4, -0.2) is 15.2 Å². The van der Waals surface area contributed by atoms with Gasteiger partial charge in [0.15, 0.2) is 0 Å². The number of hydrogen-bond acceptors (Lipinski definition) is 5. The van der Waals surface area contributed by atoms with Crippen molar-refractivity contribution in [1.82, 2.24) is 5.32 Å². The van der Waals surface area contributed by atoms with Crippen LogP contribution >= 0.6 is 39.9 Å². The van der Waals surface area contributed by atoms with Crippen LogP contribution in [0.4, 0.5) is 5.69 Å². The summed E-state index contributed by atoms with van der Waals surface area (Å²) in [6.07, 6.45) is 1.57. The molecule has 1 aromatic carbocycles. The quantitative estimate of drug-likeness (QED) is 0.386. The van der Waals surface area contributed by atoms with E-state index in [1.165, 1.54) is 6.07 Å². The summed E-state index contributed by atoms with van der Waals surface area (Å²) in [5.74, 6) is -0.282. The minimum atomic E-state index is -0.488. The van der Waals surface area contributed by atoms with Crippen molar-refractivity contribution in [3.8, 4) is 0 Å². The first-order chi connectivity index (χ1) is 8.47. The van der Waals surface area contributed by atoms with E-state index in [-0.39, 0.29) is 11.6 Å². The van der Waals surface area contributed by atoms with E-state index < -0.39 is 4.92 Å². The number of nitro groups is 1. The lowest BCUT2D eigenvalue weighted by atomic mass is 10.2. The molecule has 1 amide bonds. The lowest BCUT2D eigenvalue weighted by molar-refractivity contribution is -0.385. The van der Waals surface area contributed by atoms with E-state index in [0.29, 0.717) is 19.3 Å². The van der Waals surface area contributed by atoms with Crippen molar-refractivity contribution in [3.05, 3.63) is 43.3 Å². The Morgan fingerprint density at radius 2 is 2.22 bits per heavy atom. The lowest BCUT2D eigenvalue weighted by Gasteiger charge is -1.98. The van der Waals surface area contributed by atoms with E-state index in [0.717, 1.165) is 11.8 Å². The lowest BCUT2D eigenvalue weighted by Crippen LogP contribution is -2.17. The maximum atomic E-state index is 11.4. The second-order valence-electron chi connectivity index (χ2n) is 3.32. The van der Waals surface area contributed by atoms with Gasteiger partial charge in [-0.05, 0) is 33.6 Å². The Morgan fingerprint density at radius 1 is 1.50 bits per heavy atom. The first kappa shape index (κ1) is 13.2. The number of benzene rings is 1. The van der Waals surface area contributed by atoms with Gasteiger partial charge in [-0.15, -0.1) is 0 Å². The van der Waals surface area contributed by atoms with Crippen LogP contribution in [0.15, 0.2) is 27.6 Å². The number of amides is 1. The Bertz CT molecular complexity index is 601. The zero-order valence-corrected chi connectivity index (χ0v) is 11.9. The number of carbonyl (C=O) groups excluding carboxylic acids is 1. The first-order valence-corrected chi connectivity index (χ1v) is 6.68. The summed E-state index contributed by atoms with van der Waals surface area (Å²) in [5, 5.41) is 13.3. The van der Waals surface area contributed by atoms with Crippen molar-refractivity contribution in [2.45, 2.75) is 0 Å². The molecule has 0 aromatic heterocycles. The molecule has 0 bridgehead atoms. The summed E-state index contributed by atoms with van der Waals surface area (Å²) in [5.41, 5.74) is 0.530. The Morgan fingerprint density at radius 3 is 2.78 bits per heavy atom. The van der Waals surface area contributed by atoms with Gasteiger partial charge in [0.2, 0.25) is 0 Å². The zero-order valence-electron chi connectivity index (χ0n) is 8.68. The summed E-state index contributed by atoms with van der Waals surface area (Å²) in [6, 6.07) is 4.64. The molecule has 1 aliphatic heterocycles. The van der Waals surface area contributed by atoms with Gasteiger partial charge >= 0.3 is 0 Å². The Kier molecular flexibility index (Phi) is 3.79. The van der Waals surface area contributed by atoms with Gasteiger partial charge in [0, 0.05) is 6.07 Å². The highest BCUT2D eigenvalue weighted by Gasteiger charge is 2.22. The van der Waals surface area contributed by atoms with Crippen LogP contribution in [0.25, 0.3) is 6.08 Å². The van der Waals surface area contributed by atoms with E-state index in [1.807, 2.05) is 0 Å². The second kappa shape index (κ2) is 5.17. The van der Waals surface area contributed by atoms with Gasteiger partial charge in [-0.2, -0.15) is 0 Å². The molecule has 5 nitrogen and oxygen atoms in total. The molecule has 1 aromatic rings. The minimum Gasteiger partial charge on any atom is -0.307 e. The highest BCUT2D eigenvalue weighted by Crippen LogP contribution is 2.29. The zero-order chi connectivity index (χ0) is 13.3. The Balaban J connectivity index is 2.38. The summed E-state index contributed by atoms with van der Waals surface area (Å²) in [4.78, 5) is 22.2. The third-order valence-electron chi connectivity index (χ3n) is 2.11. The molecule has 0 spiro atoms. The number of thioether (sulfide) groups is 1. The maximum absolute atomic E-state index is 11.4. The third-order valence-corrected chi connectivity index (χ3v) is 3.94. The highest BCUT2D eigenvalue weighted by molar-refractivity contribution is 9.10. The van der Waals surface area contributed by atoms with Gasteiger partial charge < -0.3 is 5.32 Å². The summed E-state index contributed by atoms with van der Waals surface area (Å²) in [6.45, 7) is 0. The third kappa shape index (κ3) is 2.77. The van der Waals surface area contributed by atoms with Crippen LogP contribution in [0.3, 0.4) is 0 Å². The predicted octanol–water partition coefficient (Wildman–Crippen LogP) is 2.85. The van der Waals surface area contributed by atoms with Crippen molar-refractivity contribution < 1.29 is 9.72 Å². The fourth-order valence-electron chi connectivity index (χ4n) is 1.33. The molecular weight excluding hydrogens is 340 g/mol. The van der Waals surface area contributed by atoms with Crippen molar-refractivity contribution in [1.29, 1.82) is 0 Å². The predicted molar refractivity (Wildman–Crippen MR) is 77.1 cm³/mol. The van der Waals surface area contributed by atoms with Gasteiger partial charge in [-0.3, -0.25) is 14.9 Å². The van der Waals surface area contributed by atoms with E-state index in [4.69, 9.17) is 12.2 Å². The minimum absolute atomic E-state index is 0.0460. The number of nitrogens with zero attached hydrogens (tertiary/aromatic N) is 1. The molecule has 0 unspecified atom stereocenters. The molecule has 1 aliphatic rings. The maximum Gasteiger partial charge on any atom is 0.284 e. The fraction of sp³-hybridized carbons (Fsp3) is 0. The van der Waals surface area contributed by atoms with Crippen LogP contribution in [0.5, 0.6) is 0 Å². The molecule has 1 N–H and O–H groups in total. The van der Waals surface area contributed by atoms with Gasteiger partial charge in [0.25, 0.3) is 11.6 Å². The molecular formula is C10H5BrN2O3S2. The highest BCUT2D eigenvalue weighted by atomic mass is 79.9. The van der Waals surface area contributed by atoms with E-state index >= 15 is 0 Å².